The fourth-order valence-corrected chi connectivity index (χ4v) is 3.24. The molecule has 0 saturated heterocycles. The second-order valence-corrected chi connectivity index (χ2v) is 6.27. The van der Waals surface area contributed by atoms with Crippen LogP contribution in [0, 0.1) is 5.82 Å². The summed E-state index contributed by atoms with van der Waals surface area (Å²) >= 11 is 3.08. The molecule has 0 aliphatic carbocycles. The first kappa shape index (κ1) is 16.1. The van der Waals surface area contributed by atoms with Crippen LogP contribution in [0.2, 0.25) is 0 Å². The summed E-state index contributed by atoms with van der Waals surface area (Å²) in [4.78, 5) is 15.4. The second kappa shape index (κ2) is 6.97. The number of halogens is 2. The largest absolute Gasteiger partial charge is 0.303 e. The average Bonchev–Trinajstić information content (AvgIpc) is 2.34. The lowest BCUT2D eigenvalue weighted by Crippen LogP contribution is -2.33. The van der Waals surface area contributed by atoms with E-state index in [1.165, 1.54) is 6.07 Å². The zero-order chi connectivity index (χ0) is 14.5. The first-order valence-electron chi connectivity index (χ1n) is 5.47. The molecular formula is C11H13BrFNO4S. The molecule has 0 aliphatic heterocycles. The number of nitrogens with zero attached hydrogens (tertiary/aromatic N) is 1. The molecule has 0 saturated carbocycles. The number of benzene rings is 1. The number of hydrogen-bond acceptors (Lipinski definition) is 4. The summed E-state index contributed by atoms with van der Waals surface area (Å²) in [5, 5.41) is 0. The maximum Gasteiger partial charge on any atom is 0.258 e. The lowest BCUT2D eigenvalue weighted by atomic mass is 10.3. The monoisotopic (exact) mass is 353 g/mol. The van der Waals surface area contributed by atoms with Crippen molar-refractivity contribution in [3.63, 3.8) is 0 Å². The highest BCUT2D eigenvalue weighted by molar-refractivity contribution is 9.10. The van der Waals surface area contributed by atoms with Crippen LogP contribution in [-0.4, -0.2) is 27.1 Å². The minimum Gasteiger partial charge on any atom is -0.303 e. The molecule has 0 radical (unpaired) electrons. The van der Waals surface area contributed by atoms with Gasteiger partial charge in [0.2, 0.25) is 0 Å². The first-order chi connectivity index (χ1) is 8.92. The van der Waals surface area contributed by atoms with E-state index in [0.29, 0.717) is 10.8 Å². The van der Waals surface area contributed by atoms with Crippen LogP contribution < -0.4 is 4.47 Å². The molecule has 1 rings (SSSR count). The first-order valence-corrected chi connectivity index (χ1v) is 7.87. The Morgan fingerprint density at radius 2 is 2.16 bits per heavy atom. The van der Waals surface area contributed by atoms with Gasteiger partial charge in [-0.2, -0.15) is 0 Å². The van der Waals surface area contributed by atoms with E-state index in [0.717, 1.165) is 12.1 Å². The third kappa shape index (κ3) is 4.26. The van der Waals surface area contributed by atoms with Gasteiger partial charge in [0.05, 0.1) is 18.0 Å². The van der Waals surface area contributed by atoms with E-state index in [2.05, 4.69) is 15.9 Å². The fourth-order valence-electron chi connectivity index (χ4n) is 1.33. The molecule has 0 aromatic heterocycles. The molecule has 0 fully saturated rings. The quantitative estimate of drug-likeness (QED) is 0.557. The van der Waals surface area contributed by atoms with Crippen LogP contribution in [0.25, 0.3) is 0 Å². The van der Waals surface area contributed by atoms with E-state index in [1.54, 1.807) is 6.92 Å². The van der Waals surface area contributed by atoms with Gasteiger partial charge in [-0.1, -0.05) is 0 Å². The fraction of sp³-hybridized carbons (Fsp3) is 0.364. The van der Waals surface area contributed by atoms with Crippen molar-refractivity contribution in [1.29, 1.82) is 0 Å². The number of anilines is 1. The Kier molecular flexibility index (Phi) is 5.89. The molecule has 0 spiro atoms. The zero-order valence-corrected chi connectivity index (χ0v) is 12.6. The van der Waals surface area contributed by atoms with Crippen LogP contribution >= 0.6 is 15.9 Å². The highest BCUT2D eigenvalue weighted by atomic mass is 79.9. The third-order valence-corrected chi connectivity index (χ3v) is 4.29. The third-order valence-electron chi connectivity index (χ3n) is 2.10. The molecule has 0 aliphatic rings. The molecule has 0 unspecified atom stereocenters. The van der Waals surface area contributed by atoms with E-state index in [9.17, 15) is 17.6 Å². The summed E-state index contributed by atoms with van der Waals surface area (Å²) in [6.07, 6.45) is 0.381. The van der Waals surface area contributed by atoms with E-state index >= 15 is 0 Å². The maximum atomic E-state index is 13.0. The standard InChI is InChI=1S/C11H13BrFNO4S/c1-2-18-14(19(16,17)7-3-6-15)11-5-4-9(13)8-10(11)12/h4-6,8H,2-3,7H2,1H3. The summed E-state index contributed by atoms with van der Waals surface area (Å²) < 4.78 is 38.1. The van der Waals surface area contributed by atoms with Gasteiger partial charge in [0.15, 0.2) is 0 Å². The molecule has 0 atom stereocenters. The smallest absolute Gasteiger partial charge is 0.258 e. The van der Waals surface area contributed by atoms with Crippen LogP contribution in [0.15, 0.2) is 22.7 Å². The lowest BCUT2D eigenvalue weighted by molar-refractivity contribution is -0.107. The van der Waals surface area contributed by atoms with Crippen molar-refractivity contribution in [2.24, 2.45) is 0 Å². The van der Waals surface area contributed by atoms with Crippen molar-refractivity contribution in [2.75, 3.05) is 16.8 Å². The van der Waals surface area contributed by atoms with Crippen molar-refractivity contribution in [1.82, 2.24) is 0 Å². The predicted molar refractivity (Wildman–Crippen MR) is 72.7 cm³/mol. The number of carbonyl (C=O) groups excluding carboxylic acids is 1. The van der Waals surface area contributed by atoms with Gasteiger partial charge in [-0.3, -0.25) is 4.84 Å². The summed E-state index contributed by atoms with van der Waals surface area (Å²) in [6.45, 7) is 1.74. The van der Waals surface area contributed by atoms with Crippen molar-refractivity contribution in [2.45, 2.75) is 13.3 Å². The van der Waals surface area contributed by atoms with Gasteiger partial charge in [-0.15, -0.1) is 4.47 Å². The number of hydrogen-bond donors (Lipinski definition) is 0. The molecule has 1 aromatic carbocycles. The summed E-state index contributed by atoms with van der Waals surface area (Å²) in [6, 6.07) is 3.55. The minimum atomic E-state index is -3.81. The topological polar surface area (TPSA) is 63.7 Å². The average molecular weight is 354 g/mol. The Labute approximate surface area is 119 Å². The normalized spacial score (nSPS) is 11.3. The zero-order valence-electron chi connectivity index (χ0n) is 10.2. The van der Waals surface area contributed by atoms with Gasteiger partial charge < -0.3 is 4.79 Å². The molecule has 1 aromatic rings. The van der Waals surface area contributed by atoms with Gasteiger partial charge >= 0.3 is 0 Å². The molecule has 0 bridgehead atoms. The highest BCUT2D eigenvalue weighted by Gasteiger charge is 2.25. The molecule has 0 heterocycles. The van der Waals surface area contributed by atoms with Gasteiger partial charge in [-0.25, -0.2) is 12.8 Å². The predicted octanol–water partition coefficient (Wildman–Crippen LogP) is 2.26. The number of carbonyl (C=O) groups is 1. The van der Waals surface area contributed by atoms with Crippen molar-refractivity contribution in [3.8, 4) is 0 Å². The Bertz CT molecular complexity index is 550. The molecule has 0 N–H and O–H groups in total. The van der Waals surface area contributed by atoms with E-state index in [1.807, 2.05) is 0 Å². The molecule has 8 heteroatoms. The van der Waals surface area contributed by atoms with E-state index < -0.39 is 15.8 Å². The number of aldehydes is 1. The maximum absolute atomic E-state index is 13.0. The van der Waals surface area contributed by atoms with Gasteiger partial charge in [0.1, 0.15) is 12.1 Å². The molecule has 5 nitrogen and oxygen atoms in total. The second-order valence-electron chi connectivity index (χ2n) is 3.51. The Morgan fingerprint density at radius 1 is 1.47 bits per heavy atom. The molecule has 0 amide bonds. The number of sulfonamides is 1. The van der Waals surface area contributed by atoms with Crippen molar-refractivity contribution >= 4 is 37.9 Å². The van der Waals surface area contributed by atoms with Gasteiger partial charge in [0, 0.05) is 10.9 Å². The van der Waals surface area contributed by atoms with Gasteiger partial charge in [-0.05, 0) is 41.1 Å². The van der Waals surface area contributed by atoms with Crippen LogP contribution in [0.5, 0.6) is 0 Å². The van der Waals surface area contributed by atoms with Crippen LogP contribution in [0.4, 0.5) is 10.1 Å². The minimum absolute atomic E-state index is 0.115. The van der Waals surface area contributed by atoms with Crippen LogP contribution in [-0.2, 0) is 19.7 Å². The van der Waals surface area contributed by atoms with Gasteiger partial charge in [0.25, 0.3) is 10.0 Å². The summed E-state index contributed by atoms with van der Waals surface area (Å²) in [5.41, 5.74) is 0.161. The molecule has 106 valence electrons. The van der Waals surface area contributed by atoms with E-state index in [-0.39, 0.29) is 28.9 Å². The van der Waals surface area contributed by atoms with Crippen molar-refractivity contribution < 1.29 is 22.4 Å². The highest BCUT2D eigenvalue weighted by Crippen LogP contribution is 2.29. The Morgan fingerprint density at radius 3 is 2.68 bits per heavy atom. The van der Waals surface area contributed by atoms with Crippen molar-refractivity contribution in [3.05, 3.63) is 28.5 Å². The van der Waals surface area contributed by atoms with Crippen LogP contribution in [0.3, 0.4) is 0 Å². The SMILES string of the molecule is CCON(c1ccc(F)cc1Br)S(=O)(=O)CCC=O. The molecule has 19 heavy (non-hydrogen) atoms. The Balaban J connectivity index is 3.16. The molecular weight excluding hydrogens is 341 g/mol. The summed E-state index contributed by atoms with van der Waals surface area (Å²) in [7, 11) is -3.81. The van der Waals surface area contributed by atoms with E-state index in [4.69, 9.17) is 4.84 Å². The Hall–Kier alpha value is -0.990. The number of rotatable bonds is 7. The van der Waals surface area contributed by atoms with Crippen LogP contribution in [0.1, 0.15) is 13.3 Å². The lowest BCUT2D eigenvalue weighted by Gasteiger charge is -2.23. The summed E-state index contributed by atoms with van der Waals surface area (Å²) in [5.74, 6) is -0.877.